The molecule has 0 atom stereocenters. The molecule has 2 aromatic heterocycles. The Morgan fingerprint density at radius 3 is 2.74 bits per heavy atom. The summed E-state index contributed by atoms with van der Waals surface area (Å²) in [7, 11) is 0. The smallest absolute Gasteiger partial charge is 0.290 e. The average Bonchev–Trinajstić information content (AvgIpc) is 2.84. The Hall–Kier alpha value is -1.95. The molecule has 2 aromatic rings. The van der Waals surface area contributed by atoms with E-state index in [1.165, 1.54) is 16.0 Å². The zero-order chi connectivity index (χ0) is 13.8. The second-order valence-electron chi connectivity index (χ2n) is 4.19. The van der Waals surface area contributed by atoms with Gasteiger partial charge < -0.3 is 5.32 Å². The molecule has 0 bridgehead atoms. The molecule has 1 N–H and O–H groups in total. The lowest BCUT2D eigenvalue weighted by Crippen LogP contribution is -2.01. The van der Waals surface area contributed by atoms with E-state index in [0.717, 1.165) is 6.42 Å². The molecule has 0 saturated carbocycles. The van der Waals surface area contributed by atoms with Gasteiger partial charge in [0.25, 0.3) is 5.69 Å². The van der Waals surface area contributed by atoms with Crippen molar-refractivity contribution in [3.63, 3.8) is 0 Å². The van der Waals surface area contributed by atoms with E-state index in [1.54, 1.807) is 24.3 Å². The van der Waals surface area contributed by atoms with E-state index in [9.17, 15) is 10.1 Å². The fraction of sp³-hybridized carbons (Fsp3) is 0.308. The van der Waals surface area contributed by atoms with Gasteiger partial charge in [-0.1, -0.05) is 6.92 Å². The van der Waals surface area contributed by atoms with Crippen molar-refractivity contribution in [1.82, 2.24) is 4.98 Å². The minimum absolute atomic E-state index is 0.0509. The number of nitrogens with one attached hydrogen (secondary N) is 1. The first kappa shape index (κ1) is 13.5. The highest BCUT2D eigenvalue weighted by Gasteiger charge is 2.11. The number of hydrogen-bond acceptors (Lipinski definition) is 5. The van der Waals surface area contributed by atoms with Crippen LogP contribution in [-0.2, 0) is 13.0 Å². The van der Waals surface area contributed by atoms with Gasteiger partial charge in [-0.3, -0.25) is 10.1 Å². The van der Waals surface area contributed by atoms with Gasteiger partial charge in [0, 0.05) is 15.3 Å². The van der Waals surface area contributed by atoms with Gasteiger partial charge in [0.05, 0.1) is 11.5 Å². The molecule has 0 amide bonds. The summed E-state index contributed by atoms with van der Waals surface area (Å²) in [4.78, 5) is 16.9. The van der Waals surface area contributed by atoms with Crippen molar-refractivity contribution in [2.24, 2.45) is 0 Å². The minimum Gasteiger partial charge on any atom is -0.365 e. The van der Waals surface area contributed by atoms with Crippen molar-refractivity contribution in [3.05, 3.63) is 49.8 Å². The van der Waals surface area contributed by atoms with Gasteiger partial charge in [0.2, 0.25) is 0 Å². The lowest BCUT2D eigenvalue weighted by molar-refractivity contribution is -0.385. The third-order valence-electron chi connectivity index (χ3n) is 2.79. The SMILES string of the molecule is CCc1ccc(CNc2cc(C)c([N+](=O)[O-])cn2)s1. The van der Waals surface area contributed by atoms with E-state index in [0.29, 0.717) is 17.9 Å². The van der Waals surface area contributed by atoms with Crippen LogP contribution >= 0.6 is 11.3 Å². The summed E-state index contributed by atoms with van der Waals surface area (Å²) in [5, 5.41) is 13.9. The van der Waals surface area contributed by atoms with Gasteiger partial charge in [0.1, 0.15) is 12.0 Å². The summed E-state index contributed by atoms with van der Waals surface area (Å²) in [6, 6.07) is 5.91. The molecule has 19 heavy (non-hydrogen) atoms. The van der Waals surface area contributed by atoms with E-state index in [1.807, 2.05) is 0 Å². The fourth-order valence-electron chi connectivity index (χ4n) is 1.72. The standard InChI is InChI=1S/C13H15N3O2S/c1-3-10-4-5-11(19-10)7-14-13-6-9(2)12(8-15-13)16(17)18/h4-6,8H,3,7H2,1-2H3,(H,14,15). The Balaban J connectivity index is 2.03. The van der Waals surface area contributed by atoms with Crippen LogP contribution in [0.3, 0.4) is 0 Å². The molecule has 0 unspecified atom stereocenters. The molecule has 0 aliphatic rings. The summed E-state index contributed by atoms with van der Waals surface area (Å²) < 4.78 is 0. The molecule has 0 aromatic carbocycles. The van der Waals surface area contributed by atoms with Crippen molar-refractivity contribution in [3.8, 4) is 0 Å². The second kappa shape index (κ2) is 5.79. The predicted molar refractivity (Wildman–Crippen MR) is 76.7 cm³/mol. The lowest BCUT2D eigenvalue weighted by Gasteiger charge is -2.05. The molecule has 0 aliphatic carbocycles. The molecule has 5 nitrogen and oxygen atoms in total. The average molecular weight is 277 g/mol. The molecule has 6 heteroatoms. The Morgan fingerprint density at radius 1 is 1.42 bits per heavy atom. The zero-order valence-corrected chi connectivity index (χ0v) is 11.7. The van der Waals surface area contributed by atoms with Gasteiger partial charge in [-0.15, -0.1) is 11.3 Å². The van der Waals surface area contributed by atoms with Gasteiger partial charge in [-0.2, -0.15) is 0 Å². The van der Waals surface area contributed by atoms with Crippen LogP contribution in [0.25, 0.3) is 0 Å². The van der Waals surface area contributed by atoms with Crippen LogP contribution in [0.1, 0.15) is 22.2 Å². The molecular formula is C13H15N3O2S. The van der Waals surface area contributed by atoms with Gasteiger partial charge >= 0.3 is 0 Å². The maximum atomic E-state index is 10.7. The Morgan fingerprint density at radius 2 is 2.16 bits per heavy atom. The summed E-state index contributed by atoms with van der Waals surface area (Å²) in [6.07, 6.45) is 2.34. The van der Waals surface area contributed by atoms with E-state index in [4.69, 9.17) is 0 Å². The summed E-state index contributed by atoms with van der Waals surface area (Å²) >= 11 is 1.77. The first-order valence-corrected chi connectivity index (χ1v) is 6.84. The first-order chi connectivity index (χ1) is 9.10. The first-order valence-electron chi connectivity index (χ1n) is 6.02. The highest BCUT2D eigenvalue weighted by atomic mass is 32.1. The maximum Gasteiger partial charge on any atom is 0.290 e. The minimum atomic E-state index is -0.418. The maximum absolute atomic E-state index is 10.7. The van der Waals surface area contributed by atoms with Crippen molar-refractivity contribution < 1.29 is 4.92 Å². The number of aromatic nitrogens is 1. The van der Waals surface area contributed by atoms with Crippen LogP contribution in [0, 0.1) is 17.0 Å². The topological polar surface area (TPSA) is 68.1 Å². The Bertz CT molecular complexity index is 595. The molecule has 0 spiro atoms. The van der Waals surface area contributed by atoms with Crippen molar-refractivity contribution in [1.29, 1.82) is 0 Å². The molecule has 0 aliphatic heterocycles. The fourth-order valence-corrected chi connectivity index (χ4v) is 2.62. The van der Waals surface area contributed by atoms with Crippen LogP contribution in [0.2, 0.25) is 0 Å². The summed E-state index contributed by atoms with van der Waals surface area (Å²) in [5.74, 6) is 0.662. The number of thiophene rings is 1. The highest BCUT2D eigenvalue weighted by molar-refractivity contribution is 7.12. The molecule has 0 saturated heterocycles. The molecule has 0 fully saturated rings. The number of rotatable bonds is 5. The normalized spacial score (nSPS) is 10.4. The van der Waals surface area contributed by atoms with Gasteiger partial charge in [0.15, 0.2) is 0 Å². The number of anilines is 1. The quantitative estimate of drug-likeness (QED) is 0.670. The molecule has 0 radical (unpaired) electrons. The lowest BCUT2D eigenvalue weighted by atomic mass is 10.2. The van der Waals surface area contributed by atoms with Crippen molar-refractivity contribution >= 4 is 22.8 Å². The van der Waals surface area contributed by atoms with E-state index < -0.39 is 4.92 Å². The number of aryl methyl sites for hydroxylation is 2. The van der Waals surface area contributed by atoms with Gasteiger partial charge in [-0.25, -0.2) is 4.98 Å². The van der Waals surface area contributed by atoms with E-state index >= 15 is 0 Å². The summed E-state index contributed by atoms with van der Waals surface area (Å²) in [5.41, 5.74) is 0.665. The van der Waals surface area contributed by atoms with Crippen LogP contribution in [0.4, 0.5) is 11.5 Å². The van der Waals surface area contributed by atoms with Crippen LogP contribution < -0.4 is 5.32 Å². The van der Waals surface area contributed by atoms with Crippen molar-refractivity contribution in [2.45, 2.75) is 26.8 Å². The molecule has 2 rings (SSSR count). The molecular weight excluding hydrogens is 262 g/mol. The number of nitro groups is 1. The van der Waals surface area contributed by atoms with Crippen LogP contribution in [0.5, 0.6) is 0 Å². The zero-order valence-electron chi connectivity index (χ0n) is 10.8. The number of nitrogens with zero attached hydrogens (tertiary/aromatic N) is 2. The highest BCUT2D eigenvalue weighted by Crippen LogP contribution is 2.21. The van der Waals surface area contributed by atoms with E-state index in [2.05, 4.69) is 29.4 Å². The largest absolute Gasteiger partial charge is 0.365 e. The third kappa shape index (κ3) is 3.29. The third-order valence-corrected chi connectivity index (χ3v) is 4.02. The number of hydrogen-bond donors (Lipinski definition) is 1. The second-order valence-corrected chi connectivity index (χ2v) is 5.44. The monoisotopic (exact) mass is 277 g/mol. The molecule has 100 valence electrons. The van der Waals surface area contributed by atoms with Crippen LogP contribution in [-0.4, -0.2) is 9.91 Å². The van der Waals surface area contributed by atoms with E-state index in [-0.39, 0.29) is 5.69 Å². The van der Waals surface area contributed by atoms with Crippen LogP contribution in [0.15, 0.2) is 24.4 Å². The summed E-state index contributed by atoms with van der Waals surface area (Å²) in [6.45, 7) is 4.53. The Labute approximate surface area is 115 Å². The Kier molecular flexibility index (Phi) is 4.11. The predicted octanol–water partition coefficient (Wildman–Crippen LogP) is 3.53. The van der Waals surface area contributed by atoms with Gasteiger partial charge in [-0.05, 0) is 31.5 Å². The van der Waals surface area contributed by atoms with Crippen molar-refractivity contribution in [2.75, 3.05) is 5.32 Å². The number of pyridine rings is 1. The molecule has 2 heterocycles.